The fourth-order valence-corrected chi connectivity index (χ4v) is 4.66. The molecule has 0 spiro atoms. The van der Waals surface area contributed by atoms with Gasteiger partial charge in [-0.25, -0.2) is 13.2 Å². The SMILES string of the molecule is CC(C)(C)OC(=O)N1CC(CS(=O)(=O)Nc2cccc(C3CC3)c2[N+](=O)[O-])C1. The summed E-state index contributed by atoms with van der Waals surface area (Å²) in [7, 11) is -3.79. The van der Waals surface area contributed by atoms with Gasteiger partial charge in [-0.1, -0.05) is 12.1 Å². The molecule has 2 aliphatic rings. The zero-order chi connectivity index (χ0) is 20.7. The maximum Gasteiger partial charge on any atom is 0.410 e. The molecule has 1 aliphatic heterocycles. The van der Waals surface area contributed by atoms with Crippen LogP contribution in [0, 0.1) is 16.0 Å². The molecule has 3 rings (SSSR count). The van der Waals surface area contributed by atoms with Crippen LogP contribution in [0.25, 0.3) is 0 Å². The molecule has 1 aromatic carbocycles. The van der Waals surface area contributed by atoms with Crippen molar-refractivity contribution in [2.24, 2.45) is 5.92 Å². The van der Waals surface area contributed by atoms with Crippen LogP contribution >= 0.6 is 0 Å². The van der Waals surface area contributed by atoms with Crippen LogP contribution in [0.15, 0.2) is 18.2 Å². The van der Waals surface area contributed by atoms with E-state index >= 15 is 0 Å². The van der Waals surface area contributed by atoms with Crippen molar-refractivity contribution in [2.75, 3.05) is 23.6 Å². The monoisotopic (exact) mass is 411 g/mol. The van der Waals surface area contributed by atoms with Crippen LogP contribution in [0.4, 0.5) is 16.2 Å². The smallest absolute Gasteiger partial charge is 0.410 e. The fraction of sp³-hybridized carbons (Fsp3) is 0.611. The van der Waals surface area contributed by atoms with E-state index in [1.807, 2.05) is 0 Å². The molecular weight excluding hydrogens is 386 g/mol. The lowest BCUT2D eigenvalue weighted by atomic mass is 10.0. The minimum absolute atomic E-state index is 0.00211. The molecule has 28 heavy (non-hydrogen) atoms. The molecule has 0 radical (unpaired) electrons. The normalized spacial score (nSPS) is 17.8. The lowest BCUT2D eigenvalue weighted by Crippen LogP contribution is -2.53. The minimum Gasteiger partial charge on any atom is -0.444 e. The number of benzene rings is 1. The van der Waals surface area contributed by atoms with Crippen molar-refractivity contribution in [1.82, 2.24) is 4.90 Å². The summed E-state index contributed by atoms with van der Waals surface area (Å²) in [5.74, 6) is -0.327. The topological polar surface area (TPSA) is 119 Å². The van der Waals surface area contributed by atoms with Gasteiger partial charge in [-0.2, -0.15) is 0 Å². The van der Waals surface area contributed by atoms with Crippen molar-refractivity contribution in [3.05, 3.63) is 33.9 Å². The molecule has 1 aromatic rings. The Kier molecular flexibility index (Phi) is 5.26. The third-order valence-corrected chi connectivity index (χ3v) is 6.04. The highest BCUT2D eigenvalue weighted by atomic mass is 32.2. The van der Waals surface area contributed by atoms with Crippen LogP contribution in [0.5, 0.6) is 0 Å². The number of para-hydroxylation sites is 1. The number of hydrogen-bond acceptors (Lipinski definition) is 6. The Hall–Kier alpha value is -2.36. The number of ether oxygens (including phenoxy) is 1. The van der Waals surface area contributed by atoms with Crippen molar-refractivity contribution >= 4 is 27.5 Å². The van der Waals surface area contributed by atoms with E-state index in [2.05, 4.69) is 4.72 Å². The van der Waals surface area contributed by atoms with Gasteiger partial charge in [0.05, 0.1) is 10.7 Å². The Balaban J connectivity index is 1.62. The van der Waals surface area contributed by atoms with E-state index in [4.69, 9.17) is 4.74 Å². The van der Waals surface area contributed by atoms with Gasteiger partial charge < -0.3 is 9.64 Å². The Labute approximate surface area is 164 Å². The van der Waals surface area contributed by atoms with Crippen molar-refractivity contribution in [1.29, 1.82) is 0 Å². The summed E-state index contributed by atoms with van der Waals surface area (Å²) in [5, 5.41) is 11.5. The highest BCUT2D eigenvalue weighted by Crippen LogP contribution is 2.46. The molecule has 0 unspecified atom stereocenters. The van der Waals surface area contributed by atoms with E-state index in [1.165, 1.54) is 11.0 Å². The molecule has 0 atom stereocenters. The van der Waals surface area contributed by atoms with Crippen LogP contribution in [-0.2, 0) is 14.8 Å². The number of carbonyl (C=O) groups is 1. The number of carbonyl (C=O) groups excluding carboxylic acids is 1. The third kappa shape index (κ3) is 4.92. The second kappa shape index (κ2) is 7.23. The summed E-state index contributed by atoms with van der Waals surface area (Å²) in [5.41, 5.74) is -0.207. The molecule has 0 aromatic heterocycles. The molecule has 0 bridgehead atoms. The van der Waals surface area contributed by atoms with Gasteiger partial charge >= 0.3 is 6.09 Å². The Morgan fingerprint density at radius 3 is 2.50 bits per heavy atom. The number of likely N-dealkylation sites (tertiary alicyclic amines) is 1. The second-order valence-electron chi connectivity index (χ2n) is 8.41. The van der Waals surface area contributed by atoms with Crippen LogP contribution in [0.3, 0.4) is 0 Å². The number of nitro benzene ring substituents is 1. The number of sulfonamides is 1. The quantitative estimate of drug-likeness (QED) is 0.567. The van der Waals surface area contributed by atoms with E-state index in [9.17, 15) is 23.3 Å². The van der Waals surface area contributed by atoms with Crippen LogP contribution in [0.2, 0.25) is 0 Å². The summed E-state index contributed by atoms with van der Waals surface area (Å²) in [6.45, 7) is 5.84. The zero-order valence-corrected chi connectivity index (χ0v) is 17.0. The molecule has 2 fully saturated rings. The number of rotatable bonds is 6. The van der Waals surface area contributed by atoms with E-state index in [0.717, 1.165) is 12.8 Å². The van der Waals surface area contributed by atoms with E-state index in [1.54, 1.807) is 32.9 Å². The third-order valence-electron chi connectivity index (χ3n) is 4.60. The zero-order valence-electron chi connectivity index (χ0n) is 16.2. The number of anilines is 1. The van der Waals surface area contributed by atoms with Gasteiger partial charge in [-0.15, -0.1) is 0 Å². The van der Waals surface area contributed by atoms with E-state index in [0.29, 0.717) is 5.56 Å². The molecule has 1 N–H and O–H groups in total. The van der Waals surface area contributed by atoms with Crippen molar-refractivity contribution in [3.63, 3.8) is 0 Å². The summed E-state index contributed by atoms with van der Waals surface area (Å²) in [4.78, 5) is 24.3. The first-order valence-electron chi connectivity index (χ1n) is 9.21. The molecule has 154 valence electrons. The van der Waals surface area contributed by atoms with E-state index in [-0.39, 0.29) is 42.1 Å². The average molecular weight is 411 g/mol. The second-order valence-corrected chi connectivity index (χ2v) is 10.2. The van der Waals surface area contributed by atoms with Gasteiger partial charge in [0.15, 0.2) is 0 Å². The van der Waals surface area contributed by atoms with Gasteiger partial charge in [0.1, 0.15) is 11.3 Å². The maximum atomic E-state index is 12.5. The van der Waals surface area contributed by atoms with Crippen LogP contribution in [0.1, 0.15) is 45.1 Å². The summed E-state index contributed by atoms with van der Waals surface area (Å²) in [6, 6.07) is 4.72. The number of amides is 1. The fourth-order valence-electron chi connectivity index (χ4n) is 3.24. The predicted octanol–water partition coefficient (Wildman–Crippen LogP) is 3.08. The van der Waals surface area contributed by atoms with Gasteiger partial charge in [0.2, 0.25) is 10.0 Å². The Bertz CT molecular complexity index is 883. The average Bonchev–Trinajstić information content (AvgIpc) is 3.32. The molecule has 9 nitrogen and oxygen atoms in total. The maximum absolute atomic E-state index is 12.5. The predicted molar refractivity (Wildman–Crippen MR) is 104 cm³/mol. The standard InChI is InChI=1S/C18H25N3O6S/c1-18(2,3)27-17(22)20-9-12(10-20)11-28(25,26)19-15-6-4-5-14(13-7-8-13)16(15)21(23)24/h4-6,12-13,19H,7-11H2,1-3H3. The largest absolute Gasteiger partial charge is 0.444 e. The molecule has 1 heterocycles. The number of nitrogens with one attached hydrogen (secondary N) is 1. The first-order chi connectivity index (χ1) is 13.0. The summed E-state index contributed by atoms with van der Waals surface area (Å²) >= 11 is 0. The summed E-state index contributed by atoms with van der Waals surface area (Å²) < 4.78 is 32.6. The van der Waals surface area contributed by atoms with Gasteiger partial charge in [0.25, 0.3) is 5.69 Å². The Morgan fingerprint density at radius 2 is 1.96 bits per heavy atom. The molecule has 1 aliphatic carbocycles. The van der Waals surface area contributed by atoms with Crippen molar-refractivity contribution < 1.29 is 22.9 Å². The van der Waals surface area contributed by atoms with Gasteiger partial charge in [-0.3, -0.25) is 14.8 Å². The first-order valence-corrected chi connectivity index (χ1v) is 10.9. The Morgan fingerprint density at radius 1 is 1.32 bits per heavy atom. The molecule has 10 heteroatoms. The minimum atomic E-state index is -3.79. The molecule has 1 amide bonds. The van der Waals surface area contributed by atoms with Gasteiger partial charge in [-0.05, 0) is 45.6 Å². The van der Waals surface area contributed by atoms with Crippen LogP contribution < -0.4 is 4.72 Å². The lowest BCUT2D eigenvalue weighted by molar-refractivity contribution is -0.384. The molecule has 1 saturated carbocycles. The number of nitro groups is 1. The summed E-state index contributed by atoms with van der Waals surface area (Å²) in [6.07, 6.45) is 1.28. The van der Waals surface area contributed by atoms with Crippen LogP contribution in [-0.4, -0.2) is 48.8 Å². The molecule has 1 saturated heterocycles. The number of nitrogens with zero attached hydrogens (tertiary/aromatic N) is 2. The van der Waals surface area contributed by atoms with Crippen molar-refractivity contribution in [2.45, 2.75) is 45.1 Å². The molecular formula is C18H25N3O6S. The van der Waals surface area contributed by atoms with Crippen molar-refractivity contribution in [3.8, 4) is 0 Å². The van der Waals surface area contributed by atoms with Gasteiger partial charge in [0, 0.05) is 24.6 Å². The first kappa shape index (κ1) is 20.4. The highest BCUT2D eigenvalue weighted by Gasteiger charge is 2.37. The number of hydrogen-bond donors (Lipinski definition) is 1. The van der Waals surface area contributed by atoms with E-state index < -0.39 is 26.6 Å². The highest BCUT2D eigenvalue weighted by molar-refractivity contribution is 7.92. The lowest BCUT2D eigenvalue weighted by Gasteiger charge is -2.39.